The molecule has 0 aliphatic carbocycles. The first kappa shape index (κ1) is 14.7. The maximum absolute atomic E-state index is 12.4. The number of hydrogen-bond acceptors (Lipinski definition) is 1. The SMILES string of the molecule is Cc1ccc(Cl)cc1NCc1ccc(C(F)(F)F)cc1. The van der Waals surface area contributed by atoms with Crippen molar-refractivity contribution >= 4 is 17.3 Å². The van der Waals surface area contributed by atoms with E-state index in [0.717, 1.165) is 28.9 Å². The van der Waals surface area contributed by atoms with Gasteiger partial charge in [0.1, 0.15) is 0 Å². The molecule has 0 bridgehead atoms. The molecule has 1 N–H and O–H groups in total. The fourth-order valence-corrected chi connectivity index (χ4v) is 1.97. The highest BCUT2D eigenvalue weighted by molar-refractivity contribution is 6.30. The number of benzene rings is 2. The minimum absolute atomic E-state index is 0.444. The summed E-state index contributed by atoms with van der Waals surface area (Å²) >= 11 is 5.90. The third kappa shape index (κ3) is 3.67. The summed E-state index contributed by atoms with van der Waals surface area (Å²) in [6, 6.07) is 10.6. The van der Waals surface area contributed by atoms with Crippen LogP contribution in [0.4, 0.5) is 18.9 Å². The van der Waals surface area contributed by atoms with Gasteiger partial charge in [-0.25, -0.2) is 0 Å². The number of hydrogen-bond donors (Lipinski definition) is 1. The maximum atomic E-state index is 12.4. The van der Waals surface area contributed by atoms with E-state index in [0.29, 0.717) is 11.6 Å². The van der Waals surface area contributed by atoms with Gasteiger partial charge in [0.2, 0.25) is 0 Å². The molecule has 20 heavy (non-hydrogen) atoms. The van der Waals surface area contributed by atoms with E-state index in [2.05, 4.69) is 5.32 Å². The normalized spacial score (nSPS) is 11.4. The van der Waals surface area contributed by atoms with Crippen LogP contribution >= 0.6 is 11.6 Å². The number of anilines is 1. The Morgan fingerprint density at radius 3 is 2.30 bits per heavy atom. The van der Waals surface area contributed by atoms with E-state index in [1.165, 1.54) is 12.1 Å². The summed E-state index contributed by atoms with van der Waals surface area (Å²) in [5.74, 6) is 0. The molecule has 1 nitrogen and oxygen atoms in total. The Labute approximate surface area is 120 Å². The summed E-state index contributed by atoms with van der Waals surface area (Å²) < 4.78 is 37.3. The molecule has 0 saturated carbocycles. The Morgan fingerprint density at radius 2 is 1.70 bits per heavy atom. The Morgan fingerprint density at radius 1 is 1.05 bits per heavy atom. The van der Waals surface area contributed by atoms with Gasteiger partial charge in [-0.15, -0.1) is 0 Å². The molecule has 2 aromatic rings. The van der Waals surface area contributed by atoms with Gasteiger partial charge in [-0.3, -0.25) is 0 Å². The lowest BCUT2D eigenvalue weighted by atomic mass is 10.1. The first-order chi connectivity index (χ1) is 9.36. The fourth-order valence-electron chi connectivity index (χ4n) is 1.79. The van der Waals surface area contributed by atoms with Crippen LogP contribution in [-0.4, -0.2) is 0 Å². The smallest absolute Gasteiger partial charge is 0.381 e. The summed E-state index contributed by atoms with van der Waals surface area (Å²) in [6.07, 6.45) is -4.30. The molecule has 0 aromatic heterocycles. The minimum atomic E-state index is -4.30. The predicted octanol–water partition coefficient (Wildman–Crippen LogP) is 5.28. The van der Waals surface area contributed by atoms with Crippen molar-refractivity contribution in [2.24, 2.45) is 0 Å². The van der Waals surface area contributed by atoms with E-state index in [4.69, 9.17) is 11.6 Å². The zero-order valence-electron chi connectivity index (χ0n) is 10.8. The zero-order chi connectivity index (χ0) is 14.8. The maximum Gasteiger partial charge on any atom is 0.416 e. The van der Waals surface area contributed by atoms with Crippen LogP contribution in [0.25, 0.3) is 0 Å². The number of nitrogens with one attached hydrogen (secondary N) is 1. The average Bonchev–Trinajstić information content (AvgIpc) is 2.39. The molecule has 0 saturated heterocycles. The molecular formula is C15H13ClF3N. The lowest BCUT2D eigenvalue weighted by Crippen LogP contribution is -2.06. The molecule has 0 spiro atoms. The molecule has 0 aliphatic rings. The van der Waals surface area contributed by atoms with Crippen molar-refractivity contribution in [1.29, 1.82) is 0 Å². The molecule has 0 heterocycles. The predicted molar refractivity (Wildman–Crippen MR) is 75.0 cm³/mol. The van der Waals surface area contributed by atoms with Gasteiger partial charge >= 0.3 is 6.18 Å². The molecule has 106 valence electrons. The van der Waals surface area contributed by atoms with Crippen molar-refractivity contribution in [2.45, 2.75) is 19.6 Å². The van der Waals surface area contributed by atoms with E-state index in [-0.39, 0.29) is 0 Å². The van der Waals surface area contributed by atoms with Crippen molar-refractivity contribution in [1.82, 2.24) is 0 Å². The molecular weight excluding hydrogens is 287 g/mol. The van der Waals surface area contributed by atoms with Gasteiger partial charge in [0.05, 0.1) is 5.56 Å². The van der Waals surface area contributed by atoms with Crippen LogP contribution in [0.2, 0.25) is 5.02 Å². The van der Waals surface area contributed by atoms with Crippen molar-refractivity contribution in [3.8, 4) is 0 Å². The molecule has 0 unspecified atom stereocenters. The van der Waals surface area contributed by atoms with Crippen LogP contribution < -0.4 is 5.32 Å². The Bertz CT molecular complexity index is 591. The van der Waals surface area contributed by atoms with E-state index in [1.807, 2.05) is 13.0 Å². The van der Waals surface area contributed by atoms with Crippen molar-refractivity contribution in [2.75, 3.05) is 5.32 Å². The molecule has 0 aliphatic heterocycles. The lowest BCUT2D eigenvalue weighted by Gasteiger charge is -2.11. The van der Waals surface area contributed by atoms with Crippen molar-refractivity contribution < 1.29 is 13.2 Å². The van der Waals surface area contributed by atoms with E-state index in [1.54, 1.807) is 12.1 Å². The minimum Gasteiger partial charge on any atom is -0.381 e. The molecule has 0 amide bonds. The molecule has 0 radical (unpaired) electrons. The van der Waals surface area contributed by atoms with Crippen molar-refractivity contribution in [3.63, 3.8) is 0 Å². The highest BCUT2D eigenvalue weighted by Gasteiger charge is 2.29. The highest BCUT2D eigenvalue weighted by atomic mass is 35.5. The number of aryl methyl sites for hydroxylation is 1. The summed E-state index contributed by atoms with van der Waals surface area (Å²) in [6.45, 7) is 2.38. The monoisotopic (exact) mass is 299 g/mol. The van der Waals surface area contributed by atoms with Crippen molar-refractivity contribution in [3.05, 3.63) is 64.2 Å². The number of alkyl halides is 3. The van der Waals surface area contributed by atoms with Crippen LogP contribution in [0.5, 0.6) is 0 Å². The second-order valence-electron chi connectivity index (χ2n) is 4.51. The molecule has 5 heteroatoms. The molecule has 0 fully saturated rings. The Kier molecular flexibility index (Phi) is 4.23. The van der Waals surface area contributed by atoms with Gasteiger partial charge < -0.3 is 5.32 Å². The quantitative estimate of drug-likeness (QED) is 0.813. The van der Waals surface area contributed by atoms with E-state index in [9.17, 15) is 13.2 Å². The van der Waals surface area contributed by atoms with Gasteiger partial charge in [0.25, 0.3) is 0 Å². The van der Waals surface area contributed by atoms with Crippen LogP contribution in [0, 0.1) is 6.92 Å². The highest BCUT2D eigenvalue weighted by Crippen LogP contribution is 2.29. The van der Waals surface area contributed by atoms with E-state index < -0.39 is 11.7 Å². The number of halogens is 4. The summed E-state index contributed by atoms with van der Waals surface area (Å²) in [4.78, 5) is 0. The van der Waals surface area contributed by atoms with E-state index >= 15 is 0 Å². The summed E-state index contributed by atoms with van der Waals surface area (Å²) in [5, 5.41) is 3.78. The van der Waals surface area contributed by atoms with Crippen LogP contribution in [0.15, 0.2) is 42.5 Å². The van der Waals surface area contributed by atoms with Gasteiger partial charge in [0, 0.05) is 17.3 Å². The zero-order valence-corrected chi connectivity index (χ0v) is 11.5. The molecule has 0 atom stereocenters. The topological polar surface area (TPSA) is 12.0 Å². The first-order valence-electron chi connectivity index (χ1n) is 6.02. The van der Waals surface area contributed by atoms with Crippen LogP contribution in [0.3, 0.4) is 0 Å². The summed E-state index contributed by atoms with van der Waals surface area (Å²) in [5.41, 5.74) is 2.04. The second kappa shape index (κ2) is 5.75. The summed E-state index contributed by atoms with van der Waals surface area (Å²) in [7, 11) is 0. The average molecular weight is 300 g/mol. The van der Waals surface area contributed by atoms with Crippen LogP contribution in [-0.2, 0) is 12.7 Å². The van der Waals surface area contributed by atoms with Gasteiger partial charge in [-0.2, -0.15) is 13.2 Å². The third-order valence-corrected chi connectivity index (χ3v) is 3.20. The second-order valence-corrected chi connectivity index (χ2v) is 4.94. The lowest BCUT2D eigenvalue weighted by molar-refractivity contribution is -0.137. The van der Waals surface area contributed by atoms with Gasteiger partial charge in [0.15, 0.2) is 0 Å². The first-order valence-corrected chi connectivity index (χ1v) is 6.40. The fraction of sp³-hybridized carbons (Fsp3) is 0.200. The van der Waals surface area contributed by atoms with Crippen LogP contribution in [0.1, 0.15) is 16.7 Å². The third-order valence-electron chi connectivity index (χ3n) is 2.96. The molecule has 2 rings (SSSR count). The Balaban J connectivity index is 2.06. The number of rotatable bonds is 3. The standard InChI is InChI=1S/C15H13ClF3N/c1-10-2-7-13(16)8-14(10)20-9-11-3-5-12(6-4-11)15(17,18)19/h2-8,20H,9H2,1H3. The van der Waals surface area contributed by atoms with Gasteiger partial charge in [-0.1, -0.05) is 29.8 Å². The largest absolute Gasteiger partial charge is 0.416 e. The Hall–Kier alpha value is -1.68. The molecule has 2 aromatic carbocycles. The van der Waals surface area contributed by atoms with Gasteiger partial charge in [-0.05, 0) is 42.3 Å².